The van der Waals surface area contributed by atoms with Gasteiger partial charge in [-0.2, -0.15) is 0 Å². The standard InChI is InChI=1S/C16H24N2O2/c1-11(2)18-16(19)12(3)17-10-13-8-9-20-15-7-5-4-6-14(13)15/h4-7,11-13,17H,8-10H2,1-3H3,(H,18,19). The summed E-state index contributed by atoms with van der Waals surface area (Å²) in [4.78, 5) is 11.9. The van der Waals surface area contributed by atoms with Crippen LogP contribution in [0.4, 0.5) is 0 Å². The second-order valence-corrected chi connectivity index (χ2v) is 5.67. The maximum atomic E-state index is 11.9. The molecule has 20 heavy (non-hydrogen) atoms. The van der Waals surface area contributed by atoms with Crippen molar-refractivity contribution in [1.29, 1.82) is 0 Å². The number of hydrogen-bond acceptors (Lipinski definition) is 3. The van der Waals surface area contributed by atoms with E-state index in [1.807, 2.05) is 39.0 Å². The first-order valence-corrected chi connectivity index (χ1v) is 7.33. The number of amides is 1. The first kappa shape index (κ1) is 14.9. The lowest BCUT2D eigenvalue weighted by Gasteiger charge is -2.27. The third kappa shape index (κ3) is 3.73. The third-order valence-corrected chi connectivity index (χ3v) is 3.58. The average Bonchev–Trinajstić information content (AvgIpc) is 2.44. The number of carbonyl (C=O) groups is 1. The summed E-state index contributed by atoms with van der Waals surface area (Å²) in [5.74, 6) is 1.44. The highest BCUT2D eigenvalue weighted by Gasteiger charge is 2.22. The van der Waals surface area contributed by atoms with Crippen molar-refractivity contribution in [2.45, 2.75) is 45.2 Å². The van der Waals surface area contributed by atoms with Crippen molar-refractivity contribution in [3.63, 3.8) is 0 Å². The average molecular weight is 276 g/mol. The topological polar surface area (TPSA) is 50.4 Å². The van der Waals surface area contributed by atoms with Crippen LogP contribution in [-0.4, -0.2) is 31.1 Å². The minimum absolute atomic E-state index is 0.0559. The molecule has 2 unspecified atom stereocenters. The summed E-state index contributed by atoms with van der Waals surface area (Å²) < 4.78 is 5.65. The number of nitrogens with one attached hydrogen (secondary N) is 2. The molecule has 4 nitrogen and oxygen atoms in total. The smallest absolute Gasteiger partial charge is 0.237 e. The van der Waals surface area contributed by atoms with E-state index in [0.717, 1.165) is 25.3 Å². The normalized spacial score (nSPS) is 19.1. The first-order valence-electron chi connectivity index (χ1n) is 7.33. The Hall–Kier alpha value is -1.55. The molecule has 2 N–H and O–H groups in total. The Kier molecular flexibility index (Phi) is 5.01. The molecule has 0 saturated carbocycles. The molecule has 0 radical (unpaired) electrons. The predicted octanol–water partition coefficient (Wildman–Crippen LogP) is 2.06. The fourth-order valence-electron chi connectivity index (χ4n) is 2.45. The van der Waals surface area contributed by atoms with Crippen LogP contribution in [0.1, 0.15) is 38.7 Å². The zero-order valence-electron chi connectivity index (χ0n) is 12.5. The van der Waals surface area contributed by atoms with Gasteiger partial charge in [-0.15, -0.1) is 0 Å². The van der Waals surface area contributed by atoms with Gasteiger partial charge in [0.05, 0.1) is 12.6 Å². The summed E-state index contributed by atoms with van der Waals surface area (Å²) in [5.41, 5.74) is 1.24. The fourth-order valence-corrected chi connectivity index (χ4v) is 2.45. The molecule has 0 fully saturated rings. The number of fused-ring (bicyclic) bond motifs is 1. The number of hydrogen-bond donors (Lipinski definition) is 2. The molecule has 0 saturated heterocycles. The summed E-state index contributed by atoms with van der Waals surface area (Å²) in [6.07, 6.45) is 0.989. The molecule has 1 aliphatic heterocycles. The molecule has 0 aromatic heterocycles. The molecular formula is C16H24N2O2. The molecule has 2 atom stereocenters. The first-order chi connectivity index (χ1) is 9.58. The lowest BCUT2D eigenvalue weighted by molar-refractivity contribution is -0.123. The van der Waals surface area contributed by atoms with Gasteiger partial charge in [0.25, 0.3) is 0 Å². The number of rotatable bonds is 5. The summed E-state index contributed by atoms with van der Waals surface area (Å²) in [7, 11) is 0. The number of ether oxygens (including phenoxy) is 1. The SMILES string of the molecule is CC(C)NC(=O)C(C)NCC1CCOc2ccccc21. The van der Waals surface area contributed by atoms with Crippen molar-refractivity contribution < 1.29 is 9.53 Å². The Labute approximate surface area is 120 Å². The van der Waals surface area contributed by atoms with Crippen molar-refractivity contribution in [3.05, 3.63) is 29.8 Å². The minimum atomic E-state index is -0.174. The third-order valence-electron chi connectivity index (χ3n) is 3.58. The molecule has 0 aliphatic carbocycles. The lowest BCUT2D eigenvalue weighted by Crippen LogP contribution is -2.46. The van der Waals surface area contributed by atoms with Gasteiger partial charge in [-0.25, -0.2) is 0 Å². The highest BCUT2D eigenvalue weighted by Crippen LogP contribution is 2.32. The van der Waals surface area contributed by atoms with Gasteiger partial charge in [0, 0.05) is 18.5 Å². The second-order valence-electron chi connectivity index (χ2n) is 5.67. The van der Waals surface area contributed by atoms with Gasteiger partial charge >= 0.3 is 0 Å². The zero-order valence-corrected chi connectivity index (χ0v) is 12.5. The minimum Gasteiger partial charge on any atom is -0.493 e. The van der Waals surface area contributed by atoms with Gasteiger partial charge in [-0.05, 0) is 38.8 Å². The van der Waals surface area contributed by atoms with Crippen LogP contribution in [0.3, 0.4) is 0 Å². The van der Waals surface area contributed by atoms with E-state index in [1.165, 1.54) is 5.56 Å². The summed E-state index contributed by atoms with van der Waals surface area (Å²) in [6, 6.07) is 8.15. The fraction of sp³-hybridized carbons (Fsp3) is 0.562. The molecule has 1 heterocycles. The summed E-state index contributed by atoms with van der Waals surface area (Å²) in [6.45, 7) is 7.39. The molecule has 1 aromatic carbocycles. The van der Waals surface area contributed by atoms with Gasteiger partial charge in [0.2, 0.25) is 5.91 Å². The van der Waals surface area contributed by atoms with Crippen molar-refractivity contribution >= 4 is 5.91 Å². The van der Waals surface area contributed by atoms with Crippen LogP contribution in [0.2, 0.25) is 0 Å². The number of para-hydroxylation sites is 1. The molecular weight excluding hydrogens is 252 g/mol. The van der Waals surface area contributed by atoms with Crippen molar-refractivity contribution in [2.24, 2.45) is 0 Å². The van der Waals surface area contributed by atoms with E-state index in [2.05, 4.69) is 16.7 Å². The maximum Gasteiger partial charge on any atom is 0.237 e. The van der Waals surface area contributed by atoms with Crippen molar-refractivity contribution in [1.82, 2.24) is 10.6 Å². The summed E-state index contributed by atoms with van der Waals surface area (Å²) in [5, 5.41) is 6.25. The van der Waals surface area contributed by atoms with Gasteiger partial charge in [0.1, 0.15) is 5.75 Å². The number of carbonyl (C=O) groups excluding carboxylic acids is 1. The molecule has 0 bridgehead atoms. The van der Waals surface area contributed by atoms with Gasteiger partial charge < -0.3 is 15.4 Å². The van der Waals surface area contributed by atoms with Crippen LogP contribution >= 0.6 is 0 Å². The quantitative estimate of drug-likeness (QED) is 0.865. The molecule has 1 aliphatic rings. The lowest BCUT2D eigenvalue weighted by atomic mass is 9.93. The van der Waals surface area contributed by atoms with Crippen LogP contribution < -0.4 is 15.4 Å². The van der Waals surface area contributed by atoms with Crippen LogP contribution in [0.15, 0.2) is 24.3 Å². The Bertz CT molecular complexity index is 460. The van der Waals surface area contributed by atoms with E-state index < -0.39 is 0 Å². The van der Waals surface area contributed by atoms with Crippen LogP contribution in [0.25, 0.3) is 0 Å². The molecule has 1 amide bonds. The Morgan fingerprint density at radius 2 is 2.10 bits per heavy atom. The van der Waals surface area contributed by atoms with Crippen LogP contribution in [-0.2, 0) is 4.79 Å². The van der Waals surface area contributed by atoms with Crippen molar-refractivity contribution in [3.8, 4) is 5.75 Å². The van der Waals surface area contributed by atoms with Crippen LogP contribution in [0.5, 0.6) is 5.75 Å². The largest absolute Gasteiger partial charge is 0.493 e. The molecule has 2 rings (SSSR count). The summed E-state index contributed by atoms with van der Waals surface area (Å²) >= 11 is 0. The molecule has 110 valence electrons. The monoisotopic (exact) mass is 276 g/mol. The van der Waals surface area contributed by atoms with E-state index in [1.54, 1.807) is 0 Å². The number of benzene rings is 1. The Balaban J connectivity index is 1.90. The highest BCUT2D eigenvalue weighted by molar-refractivity contribution is 5.81. The Morgan fingerprint density at radius 3 is 2.85 bits per heavy atom. The molecule has 4 heteroatoms. The predicted molar refractivity (Wildman–Crippen MR) is 80.0 cm³/mol. The van der Waals surface area contributed by atoms with E-state index in [9.17, 15) is 4.79 Å². The van der Waals surface area contributed by atoms with E-state index in [-0.39, 0.29) is 18.0 Å². The van der Waals surface area contributed by atoms with Gasteiger partial charge in [0.15, 0.2) is 0 Å². The van der Waals surface area contributed by atoms with Crippen LogP contribution in [0, 0.1) is 0 Å². The van der Waals surface area contributed by atoms with Gasteiger partial charge in [-0.1, -0.05) is 18.2 Å². The molecule has 0 spiro atoms. The van der Waals surface area contributed by atoms with Gasteiger partial charge in [-0.3, -0.25) is 4.79 Å². The maximum absolute atomic E-state index is 11.9. The second kappa shape index (κ2) is 6.75. The zero-order chi connectivity index (χ0) is 14.5. The Morgan fingerprint density at radius 1 is 1.35 bits per heavy atom. The van der Waals surface area contributed by atoms with Crippen molar-refractivity contribution in [2.75, 3.05) is 13.2 Å². The van der Waals surface area contributed by atoms with E-state index in [0.29, 0.717) is 5.92 Å². The highest BCUT2D eigenvalue weighted by atomic mass is 16.5. The molecule has 1 aromatic rings. The van der Waals surface area contributed by atoms with E-state index in [4.69, 9.17) is 4.74 Å². The van der Waals surface area contributed by atoms with E-state index >= 15 is 0 Å².